The monoisotopic (exact) mass is 196 g/mol. The minimum Gasteiger partial charge on any atom is -0.463 e. The molecule has 0 aliphatic carbocycles. The Morgan fingerprint density at radius 1 is 1.50 bits per heavy atom. The van der Waals surface area contributed by atoms with Crippen LogP contribution in [0.25, 0.3) is 0 Å². The number of ether oxygens (including phenoxy) is 1. The summed E-state index contributed by atoms with van der Waals surface area (Å²) >= 11 is 0. The molecule has 14 heavy (non-hydrogen) atoms. The minimum absolute atomic E-state index is 0.272. The molecule has 1 aromatic heterocycles. The summed E-state index contributed by atoms with van der Waals surface area (Å²) in [7, 11) is -1.53. The lowest BCUT2D eigenvalue weighted by Gasteiger charge is -2.06. The first-order chi connectivity index (χ1) is 6.65. The van der Waals surface area contributed by atoms with E-state index in [-0.39, 0.29) is 6.01 Å². The Morgan fingerprint density at radius 2 is 2.21 bits per heavy atom. The lowest BCUT2D eigenvalue weighted by molar-refractivity contribution is 0.291. The van der Waals surface area contributed by atoms with Gasteiger partial charge in [-0.15, -0.1) is 0 Å². The van der Waals surface area contributed by atoms with Gasteiger partial charge in [-0.25, -0.2) is 9.97 Å². The van der Waals surface area contributed by atoms with E-state index in [9.17, 15) is 0 Å². The van der Waals surface area contributed by atoms with Crippen molar-refractivity contribution in [3.63, 3.8) is 0 Å². The van der Waals surface area contributed by atoms with Crippen molar-refractivity contribution >= 4 is 12.6 Å². The summed E-state index contributed by atoms with van der Waals surface area (Å²) < 4.78 is 5.19. The van der Waals surface area contributed by atoms with Crippen LogP contribution in [0, 0.1) is 6.92 Å². The molecule has 1 heterocycles. The van der Waals surface area contributed by atoms with E-state index in [0.717, 1.165) is 6.42 Å². The van der Waals surface area contributed by atoms with Crippen molar-refractivity contribution in [2.24, 2.45) is 0 Å². The number of hydrogen-bond donors (Lipinski definition) is 2. The van der Waals surface area contributed by atoms with Crippen molar-refractivity contribution in [1.82, 2.24) is 9.97 Å². The Bertz CT molecular complexity index is 307. The van der Waals surface area contributed by atoms with Crippen LogP contribution in [0.1, 0.15) is 19.0 Å². The van der Waals surface area contributed by atoms with Gasteiger partial charge in [-0.3, -0.25) is 0 Å². The maximum absolute atomic E-state index is 8.91. The van der Waals surface area contributed by atoms with Gasteiger partial charge in [-0.2, -0.15) is 0 Å². The fourth-order valence-electron chi connectivity index (χ4n) is 0.971. The molecule has 0 spiro atoms. The first-order valence-electron chi connectivity index (χ1n) is 4.47. The van der Waals surface area contributed by atoms with Crippen molar-refractivity contribution < 1.29 is 14.8 Å². The van der Waals surface area contributed by atoms with E-state index in [4.69, 9.17) is 14.8 Å². The van der Waals surface area contributed by atoms with Gasteiger partial charge in [0.2, 0.25) is 0 Å². The zero-order valence-corrected chi connectivity index (χ0v) is 8.27. The number of nitrogens with zero attached hydrogens (tertiary/aromatic N) is 2. The average Bonchev–Trinajstić information content (AvgIpc) is 2.14. The maximum atomic E-state index is 8.91. The van der Waals surface area contributed by atoms with Crippen LogP contribution in [0.15, 0.2) is 6.20 Å². The SMILES string of the molecule is CCCOc1ncc(B(O)O)c(C)n1. The first kappa shape index (κ1) is 10.9. The Kier molecular flexibility index (Phi) is 3.85. The summed E-state index contributed by atoms with van der Waals surface area (Å²) in [6, 6.07) is 0.272. The van der Waals surface area contributed by atoms with Crippen LogP contribution in [-0.4, -0.2) is 33.7 Å². The zero-order chi connectivity index (χ0) is 10.6. The summed E-state index contributed by atoms with van der Waals surface area (Å²) in [6.45, 7) is 4.22. The standard InChI is InChI=1S/C8H13BN2O3/c1-3-4-14-8-10-5-7(9(12)13)6(2)11-8/h5,12-13H,3-4H2,1-2H3. The lowest BCUT2D eigenvalue weighted by Crippen LogP contribution is -2.33. The molecule has 0 saturated carbocycles. The Labute approximate surface area is 82.9 Å². The van der Waals surface area contributed by atoms with Gasteiger partial charge in [0.05, 0.1) is 6.61 Å². The van der Waals surface area contributed by atoms with Crippen molar-refractivity contribution in [3.05, 3.63) is 11.9 Å². The normalized spacial score (nSPS) is 10.0. The third kappa shape index (κ3) is 2.68. The second kappa shape index (κ2) is 4.92. The highest BCUT2D eigenvalue weighted by molar-refractivity contribution is 6.58. The molecule has 2 N–H and O–H groups in total. The first-order valence-corrected chi connectivity index (χ1v) is 4.47. The Balaban J connectivity index is 2.78. The molecule has 5 nitrogen and oxygen atoms in total. The summed E-state index contributed by atoms with van der Waals surface area (Å²) in [6.07, 6.45) is 2.24. The molecule has 6 heteroatoms. The fourth-order valence-corrected chi connectivity index (χ4v) is 0.971. The molecule has 0 bridgehead atoms. The smallest absolute Gasteiger partial charge is 0.463 e. The van der Waals surface area contributed by atoms with Gasteiger partial charge in [0.1, 0.15) is 0 Å². The largest absolute Gasteiger partial charge is 0.491 e. The van der Waals surface area contributed by atoms with E-state index < -0.39 is 7.12 Å². The fraction of sp³-hybridized carbons (Fsp3) is 0.500. The predicted octanol–water partition coefficient (Wildman–Crippen LogP) is -0.746. The van der Waals surface area contributed by atoms with Crippen LogP contribution in [0.2, 0.25) is 0 Å². The third-order valence-corrected chi connectivity index (χ3v) is 1.71. The molecule has 0 atom stereocenters. The van der Waals surface area contributed by atoms with E-state index >= 15 is 0 Å². The van der Waals surface area contributed by atoms with E-state index in [0.29, 0.717) is 17.8 Å². The van der Waals surface area contributed by atoms with Crippen molar-refractivity contribution in [1.29, 1.82) is 0 Å². The van der Waals surface area contributed by atoms with Gasteiger partial charge in [0.15, 0.2) is 0 Å². The molecule has 76 valence electrons. The van der Waals surface area contributed by atoms with Crippen LogP contribution in [-0.2, 0) is 0 Å². The van der Waals surface area contributed by atoms with E-state index in [1.165, 1.54) is 6.20 Å². The highest BCUT2D eigenvalue weighted by Gasteiger charge is 2.16. The van der Waals surface area contributed by atoms with E-state index in [1.54, 1.807) is 6.92 Å². The average molecular weight is 196 g/mol. The second-order valence-corrected chi connectivity index (χ2v) is 2.92. The lowest BCUT2D eigenvalue weighted by atomic mass is 9.80. The molecule has 0 aliphatic rings. The molecular weight excluding hydrogens is 183 g/mol. The number of aromatic nitrogens is 2. The van der Waals surface area contributed by atoms with Crippen LogP contribution in [0.5, 0.6) is 6.01 Å². The van der Waals surface area contributed by atoms with Crippen molar-refractivity contribution in [2.75, 3.05) is 6.61 Å². The molecule has 0 unspecified atom stereocenters. The van der Waals surface area contributed by atoms with Crippen molar-refractivity contribution in [2.45, 2.75) is 20.3 Å². The Hall–Kier alpha value is -1.14. The van der Waals surface area contributed by atoms with Crippen LogP contribution in [0.3, 0.4) is 0 Å². The highest BCUT2D eigenvalue weighted by atomic mass is 16.5. The molecule has 1 aromatic rings. The van der Waals surface area contributed by atoms with Crippen LogP contribution in [0.4, 0.5) is 0 Å². The van der Waals surface area contributed by atoms with Gasteiger partial charge in [-0.1, -0.05) is 6.92 Å². The summed E-state index contributed by atoms with van der Waals surface area (Å²) in [4.78, 5) is 7.82. The van der Waals surface area contributed by atoms with E-state index in [1.807, 2.05) is 6.92 Å². The molecule has 0 amide bonds. The summed E-state index contributed by atoms with van der Waals surface area (Å²) in [5.74, 6) is 0. The molecular formula is C8H13BN2O3. The zero-order valence-electron chi connectivity index (χ0n) is 8.27. The predicted molar refractivity (Wildman–Crippen MR) is 52.4 cm³/mol. The van der Waals surface area contributed by atoms with Gasteiger partial charge < -0.3 is 14.8 Å². The van der Waals surface area contributed by atoms with E-state index in [2.05, 4.69) is 9.97 Å². The Morgan fingerprint density at radius 3 is 2.71 bits per heavy atom. The third-order valence-electron chi connectivity index (χ3n) is 1.71. The molecule has 0 saturated heterocycles. The minimum atomic E-state index is -1.53. The topological polar surface area (TPSA) is 75.5 Å². The van der Waals surface area contributed by atoms with Gasteiger partial charge in [-0.05, 0) is 13.3 Å². The number of hydrogen-bond acceptors (Lipinski definition) is 5. The maximum Gasteiger partial charge on any atom is 0.491 e. The van der Waals surface area contributed by atoms with Gasteiger partial charge in [0, 0.05) is 17.4 Å². The highest BCUT2D eigenvalue weighted by Crippen LogP contribution is 2.01. The number of rotatable bonds is 4. The molecule has 1 rings (SSSR count). The second-order valence-electron chi connectivity index (χ2n) is 2.92. The van der Waals surface area contributed by atoms with Gasteiger partial charge >= 0.3 is 13.1 Å². The quantitative estimate of drug-likeness (QED) is 0.620. The summed E-state index contributed by atoms with van der Waals surface area (Å²) in [5.41, 5.74) is 0.815. The molecule has 0 aromatic carbocycles. The van der Waals surface area contributed by atoms with Crippen molar-refractivity contribution in [3.8, 4) is 6.01 Å². The number of aryl methyl sites for hydroxylation is 1. The molecule has 0 fully saturated rings. The molecule has 0 radical (unpaired) electrons. The van der Waals surface area contributed by atoms with Gasteiger partial charge in [0.25, 0.3) is 0 Å². The van der Waals surface area contributed by atoms with Crippen LogP contribution < -0.4 is 10.2 Å². The summed E-state index contributed by atoms with van der Waals surface area (Å²) in [5, 5.41) is 17.8. The molecule has 0 aliphatic heterocycles. The van der Waals surface area contributed by atoms with Crippen LogP contribution >= 0.6 is 0 Å².